The van der Waals surface area contributed by atoms with Crippen LogP contribution < -0.4 is 4.74 Å². The minimum atomic E-state index is -1.03. The van der Waals surface area contributed by atoms with Crippen LogP contribution in [0.15, 0.2) is 41.3 Å². The first-order valence-electron chi connectivity index (χ1n) is 10.1. The molecule has 32 heavy (non-hydrogen) atoms. The third kappa shape index (κ3) is 5.21. The number of amides is 1. The largest absolute Gasteiger partial charge is 0.465 e. The summed E-state index contributed by atoms with van der Waals surface area (Å²) in [5, 5.41) is 19.2. The van der Waals surface area contributed by atoms with Crippen molar-refractivity contribution in [2.24, 2.45) is 0 Å². The molecule has 0 radical (unpaired) electrons. The Kier molecular flexibility index (Phi) is 7.06. The normalized spacial score (nSPS) is 18.1. The second kappa shape index (κ2) is 9.59. The number of carboxylic acid groups (broad SMARTS) is 1. The molecule has 8 nitrogen and oxygen atoms in total. The number of esters is 1. The van der Waals surface area contributed by atoms with Gasteiger partial charge in [0.1, 0.15) is 11.8 Å². The van der Waals surface area contributed by atoms with Crippen LogP contribution in [0.5, 0.6) is 5.88 Å². The number of nitrogens with zero attached hydrogens (tertiary/aromatic N) is 3. The van der Waals surface area contributed by atoms with E-state index in [0.717, 1.165) is 5.56 Å². The van der Waals surface area contributed by atoms with Crippen molar-refractivity contribution in [2.75, 3.05) is 6.61 Å². The predicted octanol–water partition coefficient (Wildman–Crippen LogP) is 4.53. The SMILES string of the molecule is CC(=O)Oc1nc(C#N)c(S[C@H](C[C@H]2COC(C)(C)N2C(=O)O)c2ccccc2)cc1C. The molecule has 2 aromatic rings. The lowest BCUT2D eigenvalue weighted by Gasteiger charge is -2.32. The van der Waals surface area contributed by atoms with Crippen molar-refractivity contribution in [1.82, 2.24) is 9.88 Å². The maximum absolute atomic E-state index is 11.9. The van der Waals surface area contributed by atoms with Crippen LogP contribution in [0.2, 0.25) is 0 Å². The van der Waals surface area contributed by atoms with E-state index in [0.29, 0.717) is 16.9 Å². The van der Waals surface area contributed by atoms with Gasteiger partial charge in [-0.3, -0.25) is 9.69 Å². The van der Waals surface area contributed by atoms with Crippen LogP contribution in [-0.4, -0.2) is 45.4 Å². The van der Waals surface area contributed by atoms with E-state index in [-0.39, 0.29) is 29.5 Å². The molecule has 2 heterocycles. The zero-order chi connectivity index (χ0) is 23.5. The highest BCUT2D eigenvalue weighted by molar-refractivity contribution is 7.99. The summed E-state index contributed by atoms with van der Waals surface area (Å²) < 4.78 is 10.9. The van der Waals surface area contributed by atoms with E-state index in [1.54, 1.807) is 26.8 Å². The minimum Gasteiger partial charge on any atom is -0.465 e. The van der Waals surface area contributed by atoms with Crippen molar-refractivity contribution >= 4 is 23.8 Å². The van der Waals surface area contributed by atoms with Crippen LogP contribution in [0.3, 0.4) is 0 Å². The monoisotopic (exact) mass is 455 g/mol. The Labute approximate surface area is 191 Å². The van der Waals surface area contributed by atoms with Crippen LogP contribution >= 0.6 is 11.8 Å². The molecule has 1 aliphatic heterocycles. The van der Waals surface area contributed by atoms with E-state index in [9.17, 15) is 20.0 Å². The fourth-order valence-corrected chi connectivity index (χ4v) is 5.11. The Bertz CT molecular complexity index is 1050. The quantitative estimate of drug-likeness (QED) is 0.499. The van der Waals surface area contributed by atoms with Crippen molar-refractivity contribution in [3.05, 3.63) is 53.2 Å². The summed E-state index contributed by atoms with van der Waals surface area (Å²) in [6.07, 6.45) is -0.546. The Morgan fingerprint density at radius 2 is 2.09 bits per heavy atom. The summed E-state index contributed by atoms with van der Waals surface area (Å²) in [6, 6.07) is 13.2. The summed E-state index contributed by atoms with van der Waals surface area (Å²) >= 11 is 1.43. The van der Waals surface area contributed by atoms with Crippen molar-refractivity contribution < 1.29 is 24.2 Å². The fraction of sp³-hybridized carbons (Fsp3) is 0.391. The fourth-order valence-electron chi connectivity index (χ4n) is 3.75. The molecule has 0 aliphatic carbocycles. The minimum absolute atomic E-state index is 0.109. The first kappa shape index (κ1) is 23.6. The highest BCUT2D eigenvalue weighted by Gasteiger charge is 2.44. The molecule has 1 saturated heterocycles. The van der Waals surface area contributed by atoms with Crippen molar-refractivity contribution in [3.63, 3.8) is 0 Å². The summed E-state index contributed by atoms with van der Waals surface area (Å²) in [4.78, 5) is 29.5. The van der Waals surface area contributed by atoms with Gasteiger partial charge in [0.15, 0.2) is 5.69 Å². The Morgan fingerprint density at radius 3 is 2.69 bits per heavy atom. The van der Waals surface area contributed by atoms with Gasteiger partial charge in [-0.2, -0.15) is 5.26 Å². The number of aromatic nitrogens is 1. The average Bonchev–Trinajstić information content (AvgIpc) is 3.03. The zero-order valence-corrected chi connectivity index (χ0v) is 19.2. The number of hydrogen-bond donors (Lipinski definition) is 1. The van der Waals surface area contributed by atoms with Gasteiger partial charge in [0.25, 0.3) is 0 Å². The standard InChI is InChI=1S/C23H25N3O5S/c1-14-10-20(18(12-24)25-21(14)31-15(2)27)32-19(16-8-6-5-7-9-16)11-17-13-30-23(3,4)26(17)22(28)29/h5-10,17,19H,11,13H2,1-4H3,(H,28,29)/t17-,19+/m0/s1. The number of rotatable bonds is 6. The molecule has 9 heteroatoms. The Morgan fingerprint density at radius 1 is 1.41 bits per heavy atom. The van der Waals surface area contributed by atoms with Crippen molar-refractivity contribution in [3.8, 4) is 11.9 Å². The number of carbonyl (C=O) groups excluding carboxylic acids is 1. The number of nitriles is 1. The van der Waals surface area contributed by atoms with Crippen LogP contribution in [0.25, 0.3) is 0 Å². The maximum Gasteiger partial charge on any atom is 0.409 e. The molecule has 1 aromatic heterocycles. The van der Waals surface area contributed by atoms with Crippen LogP contribution in [0, 0.1) is 18.3 Å². The van der Waals surface area contributed by atoms with Crippen LogP contribution in [0.1, 0.15) is 49.3 Å². The molecular weight excluding hydrogens is 430 g/mol. The van der Waals surface area contributed by atoms with Crippen LogP contribution in [0.4, 0.5) is 4.79 Å². The highest BCUT2D eigenvalue weighted by Crippen LogP contribution is 2.43. The molecule has 3 rings (SSSR count). The predicted molar refractivity (Wildman–Crippen MR) is 118 cm³/mol. The molecule has 1 aromatic carbocycles. The van der Waals surface area contributed by atoms with Gasteiger partial charge < -0.3 is 14.6 Å². The van der Waals surface area contributed by atoms with Gasteiger partial charge in [-0.1, -0.05) is 30.3 Å². The summed E-state index contributed by atoms with van der Waals surface area (Å²) in [5.74, 6) is -0.401. The van der Waals surface area contributed by atoms with E-state index in [2.05, 4.69) is 11.1 Å². The molecular formula is C23H25N3O5S. The highest BCUT2D eigenvalue weighted by atomic mass is 32.2. The number of thioether (sulfide) groups is 1. The molecule has 0 spiro atoms. The number of pyridine rings is 1. The van der Waals surface area contributed by atoms with Gasteiger partial charge in [-0.05, 0) is 38.8 Å². The lowest BCUT2D eigenvalue weighted by atomic mass is 10.0. The second-order valence-electron chi connectivity index (χ2n) is 7.98. The van der Waals surface area contributed by atoms with Gasteiger partial charge in [0, 0.05) is 22.6 Å². The van der Waals surface area contributed by atoms with E-state index in [1.807, 2.05) is 30.3 Å². The molecule has 0 bridgehead atoms. The smallest absolute Gasteiger partial charge is 0.409 e. The van der Waals surface area contributed by atoms with Crippen LogP contribution in [-0.2, 0) is 9.53 Å². The molecule has 1 fully saturated rings. The Hall–Kier alpha value is -3.09. The first-order chi connectivity index (χ1) is 15.1. The van der Waals surface area contributed by atoms with Gasteiger partial charge >= 0.3 is 12.1 Å². The van der Waals surface area contributed by atoms with Crippen molar-refractivity contribution in [1.29, 1.82) is 5.26 Å². The van der Waals surface area contributed by atoms with E-state index >= 15 is 0 Å². The average molecular weight is 456 g/mol. The number of ether oxygens (including phenoxy) is 2. The molecule has 1 aliphatic rings. The Balaban J connectivity index is 1.95. The molecule has 168 valence electrons. The van der Waals surface area contributed by atoms with Gasteiger partial charge in [-0.25, -0.2) is 9.78 Å². The first-order valence-corrected chi connectivity index (χ1v) is 11.0. The number of benzene rings is 1. The third-order valence-electron chi connectivity index (χ3n) is 5.19. The van der Waals surface area contributed by atoms with E-state index in [1.165, 1.54) is 23.6 Å². The third-order valence-corrected chi connectivity index (χ3v) is 6.50. The van der Waals surface area contributed by atoms with Crippen molar-refractivity contribution in [2.45, 2.75) is 56.0 Å². The summed E-state index contributed by atoms with van der Waals surface area (Å²) in [5.41, 5.74) is 0.865. The van der Waals surface area contributed by atoms with Gasteiger partial charge in [0.2, 0.25) is 5.88 Å². The van der Waals surface area contributed by atoms with E-state index < -0.39 is 17.8 Å². The lowest BCUT2D eigenvalue weighted by molar-refractivity contribution is -0.132. The number of carbonyl (C=O) groups is 2. The molecule has 2 atom stereocenters. The number of aryl methyl sites for hydroxylation is 1. The van der Waals surface area contributed by atoms with Gasteiger partial charge in [0.05, 0.1) is 12.6 Å². The molecule has 0 unspecified atom stereocenters. The summed E-state index contributed by atoms with van der Waals surface area (Å²) in [7, 11) is 0. The topological polar surface area (TPSA) is 113 Å². The van der Waals surface area contributed by atoms with E-state index in [4.69, 9.17) is 9.47 Å². The molecule has 0 saturated carbocycles. The number of hydrogen-bond acceptors (Lipinski definition) is 7. The second-order valence-corrected chi connectivity index (χ2v) is 9.22. The molecule has 1 N–H and O–H groups in total. The maximum atomic E-state index is 11.9. The summed E-state index contributed by atoms with van der Waals surface area (Å²) in [6.45, 7) is 6.80. The lowest BCUT2D eigenvalue weighted by Crippen LogP contribution is -2.47. The zero-order valence-electron chi connectivity index (χ0n) is 18.4. The molecule has 1 amide bonds. The van der Waals surface area contributed by atoms with Gasteiger partial charge in [-0.15, -0.1) is 11.8 Å².